The maximum atomic E-state index is 14.3. The number of halogens is 3. The van der Waals surface area contributed by atoms with Crippen LogP contribution in [-0.4, -0.2) is 37.1 Å². The van der Waals surface area contributed by atoms with Crippen LogP contribution in [0.1, 0.15) is 29.8 Å². The number of hydrogen-bond donors (Lipinski definition) is 3. The van der Waals surface area contributed by atoms with E-state index in [2.05, 4.69) is 15.6 Å². The normalized spacial score (nSPS) is 14.2. The second-order valence-electron chi connectivity index (χ2n) is 7.28. The number of ether oxygens (including phenoxy) is 1. The largest absolute Gasteiger partial charge is 0.467 e. The Morgan fingerprint density at radius 2 is 1.44 bits per heavy atom. The van der Waals surface area contributed by atoms with Gasteiger partial charge >= 0.3 is 12.1 Å². The molecule has 2 aromatic rings. The number of amides is 2. The van der Waals surface area contributed by atoms with Crippen LogP contribution < -0.4 is 16.2 Å². The number of carbonyl (C=O) groups excluding carboxylic acids is 3. The summed E-state index contributed by atoms with van der Waals surface area (Å²) in [5.74, 6) is -3.98. The van der Waals surface area contributed by atoms with Gasteiger partial charge in [0.15, 0.2) is 0 Å². The van der Waals surface area contributed by atoms with E-state index in [9.17, 15) is 27.6 Å². The monoisotopic (exact) mass is 451 g/mol. The Morgan fingerprint density at radius 1 is 0.906 bits per heavy atom. The number of nitrogens with one attached hydrogen (secondary N) is 3. The van der Waals surface area contributed by atoms with Crippen molar-refractivity contribution < 1.29 is 32.3 Å². The molecule has 2 unspecified atom stereocenters. The van der Waals surface area contributed by atoms with Gasteiger partial charge in [-0.3, -0.25) is 15.0 Å². The van der Waals surface area contributed by atoms with E-state index < -0.39 is 47.0 Å². The predicted octanol–water partition coefficient (Wildman–Crippen LogP) is 2.69. The zero-order valence-electron chi connectivity index (χ0n) is 17.7. The number of hydrazine groups is 1. The molecule has 2 rings (SSSR count). The maximum absolute atomic E-state index is 14.3. The molecule has 32 heavy (non-hydrogen) atoms. The van der Waals surface area contributed by atoms with E-state index in [0.29, 0.717) is 0 Å². The molecule has 2 aromatic carbocycles. The smallest absolute Gasteiger partial charge is 0.426 e. The van der Waals surface area contributed by atoms with Crippen LogP contribution >= 0.6 is 0 Å². The summed E-state index contributed by atoms with van der Waals surface area (Å²) in [5, 5.41) is 1.83. The maximum Gasteiger partial charge on any atom is 0.426 e. The summed E-state index contributed by atoms with van der Waals surface area (Å²) >= 11 is 0. The lowest BCUT2D eigenvalue weighted by Crippen LogP contribution is -2.65. The molecule has 2 amide bonds. The minimum absolute atomic E-state index is 0.284. The minimum Gasteiger partial charge on any atom is -0.467 e. The second kappa shape index (κ2) is 10.3. The van der Waals surface area contributed by atoms with Crippen LogP contribution in [-0.2, 0) is 19.9 Å². The van der Waals surface area contributed by atoms with E-state index in [1.807, 2.05) is 5.32 Å². The molecule has 0 bridgehead atoms. The van der Waals surface area contributed by atoms with Crippen LogP contribution in [0, 0.1) is 5.92 Å². The lowest BCUT2D eigenvalue weighted by molar-refractivity contribution is -0.216. The quantitative estimate of drug-likeness (QED) is 0.424. The number of esters is 1. The number of benzene rings is 2. The van der Waals surface area contributed by atoms with Gasteiger partial charge in [0, 0.05) is 5.56 Å². The third-order valence-corrected chi connectivity index (χ3v) is 4.76. The van der Waals surface area contributed by atoms with Gasteiger partial charge in [-0.1, -0.05) is 62.4 Å². The van der Waals surface area contributed by atoms with Crippen LogP contribution in [0.5, 0.6) is 0 Å². The Morgan fingerprint density at radius 3 is 1.91 bits per heavy atom. The molecule has 0 saturated carbocycles. The van der Waals surface area contributed by atoms with Crippen molar-refractivity contribution in [3.05, 3.63) is 71.8 Å². The summed E-state index contributed by atoms with van der Waals surface area (Å²) in [7, 11) is 0.802. The lowest BCUT2D eigenvalue weighted by Gasteiger charge is -2.36. The molecule has 0 saturated heterocycles. The van der Waals surface area contributed by atoms with Crippen LogP contribution in [0.25, 0.3) is 0 Å². The van der Waals surface area contributed by atoms with Gasteiger partial charge in [-0.05, 0) is 23.6 Å². The molecule has 3 N–H and O–H groups in total. The fraction of sp³-hybridized carbons (Fsp3) is 0.318. The number of rotatable bonds is 8. The first-order valence-corrected chi connectivity index (χ1v) is 9.68. The summed E-state index contributed by atoms with van der Waals surface area (Å²) in [6.45, 7) is 3.14. The molecule has 172 valence electrons. The molecule has 2 atom stereocenters. The first kappa shape index (κ1) is 24.9. The van der Waals surface area contributed by atoms with Crippen molar-refractivity contribution in [2.24, 2.45) is 5.92 Å². The zero-order chi connectivity index (χ0) is 23.9. The average molecular weight is 451 g/mol. The van der Waals surface area contributed by atoms with Gasteiger partial charge in [0.25, 0.3) is 11.4 Å². The summed E-state index contributed by atoms with van der Waals surface area (Å²) in [6.07, 6.45) is -5.22. The number of carbonyl (C=O) groups is 3. The highest BCUT2D eigenvalue weighted by atomic mass is 19.4. The summed E-state index contributed by atoms with van der Waals surface area (Å²) in [5.41, 5.74) is 1.13. The van der Waals surface area contributed by atoms with Crippen molar-refractivity contribution >= 4 is 17.8 Å². The van der Waals surface area contributed by atoms with Crippen molar-refractivity contribution in [1.82, 2.24) is 16.2 Å². The SMILES string of the molecule is COC(=O)C(NC(=O)C(NNC(=O)c1ccccc1)C(C)C)(c1ccccc1)C(F)(F)F. The molecule has 0 aliphatic heterocycles. The van der Waals surface area contributed by atoms with E-state index in [1.54, 1.807) is 32.0 Å². The van der Waals surface area contributed by atoms with Crippen LogP contribution in [0.2, 0.25) is 0 Å². The molecule has 0 aromatic heterocycles. The zero-order valence-corrected chi connectivity index (χ0v) is 17.7. The molecular formula is C22H24F3N3O4. The van der Waals surface area contributed by atoms with Crippen LogP contribution in [0.15, 0.2) is 60.7 Å². The molecule has 0 spiro atoms. The van der Waals surface area contributed by atoms with Crippen LogP contribution in [0.3, 0.4) is 0 Å². The van der Waals surface area contributed by atoms with Crippen molar-refractivity contribution in [3.8, 4) is 0 Å². The standard InChI is InChI=1S/C22H24F3N3O4/c1-14(2)17(27-28-18(29)15-10-6-4-7-11-15)19(30)26-21(20(31)32-3,22(23,24)25)16-12-8-5-9-13-16/h4-14,17,27H,1-3H3,(H,26,30)(H,28,29). The number of alkyl halides is 3. The van der Waals surface area contributed by atoms with Gasteiger partial charge < -0.3 is 10.1 Å². The molecule has 0 heterocycles. The fourth-order valence-corrected chi connectivity index (χ4v) is 3.04. The summed E-state index contributed by atoms with van der Waals surface area (Å²) < 4.78 is 47.2. The summed E-state index contributed by atoms with van der Waals surface area (Å²) in [6, 6.07) is 13.0. The molecule has 0 radical (unpaired) electrons. The van der Waals surface area contributed by atoms with Gasteiger partial charge in [0.2, 0.25) is 5.91 Å². The number of methoxy groups -OCH3 is 1. The fourth-order valence-electron chi connectivity index (χ4n) is 3.04. The van der Waals surface area contributed by atoms with Gasteiger partial charge in [0.05, 0.1) is 7.11 Å². The highest BCUT2D eigenvalue weighted by Gasteiger charge is 2.64. The predicted molar refractivity (Wildman–Crippen MR) is 110 cm³/mol. The molecule has 0 fully saturated rings. The van der Waals surface area contributed by atoms with Crippen molar-refractivity contribution in [3.63, 3.8) is 0 Å². The first-order chi connectivity index (χ1) is 15.0. The topological polar surface area (TPSA) is 96.5 Å². The van der Waals surface area contributed by atoms with Crippen molar-refractivity contribution in [2.75, 3.05) is 7.11 Å². The van der Waals surface area contributed by atoms with Gasteiger partial charge in [-0.15, -0.1) is 0 Å². The average Bonchev–Trinajstić information content (AvgIpc) is 2.77. The van der Waals surface area contributed by atoms with Gasteiger partial charge in [-0.25, -0.2) is 10.2 Å². The van der Waals surface area contributed by atoms with Gasteiger partial charge in [-0.2, -0.15) is 13.2 Å². The Hall–Kier alpha value is -3.40. The molecule has 7 nitrogen and oxygen atoms in total. The van der Waals surface area contributed by atoms with E-state index in [0.717, 1.165) is 19.2 Å². The molecule has 10 heteroatoms. The Bertz CT molecular complexity index is 936. The van der Waals surface area contributed by atoms with Crippen LogP contribution in [0.4, 0.5) is 13.2 Å². The van der Waals surface area contributed by atoms with Crippen molar-refractivity contribution in [2.45, 2.75) is 31.6 Å². The minimum atomic E-state index is -5.22. The van der Waals surface area contributed by atoms with Crippen molar-refractivity contribution in [1.29, 1.82) is 0 Å². The Kier molecular flexibility index (Phi) is 7.98. The summed E-state index contributed by atoms with van der Waals surface area (Å²) in [4.78, 5) is 37.6. The Balaban J connectivity index is 2.35. The third kappa shape index (κ3) is 5.25. The molecule has 0 aliphatic carbocycles. The van der Waals surface area contributed by atoms with E-state index in [1.165, 1.54) is 30.3 Å². The molecular weight excluding hydrogens is 427 g/mol. The van der Waals surface area contributed by atoms with E-state index in [4.69, 9.17) is 0 Å². The highest BCUT2D eigenvalue weighted by Crippen LogP contribution is 2.40. The van der Waals surface area contributed by atoms with E-state index in [-0.39, 0.29) is 5.56 Å². The Labute approximate surface area is 183 Å². The van der Waals surface area contributed by atoms with Gasteiger partial charge in [0.1, 0.15) is 6.04 Å². The van der Waals surface area contributed by atoms with E-state index >= 15 is 0 Å². The third-order valence-electron chi connectivity index (χ3n) is 4.76. The molecule has 0 aliphatic rings. The lowest BCUT2D eigenvalue weighted by atomic mass is 9.88. The second-order valence-corrected chi connectivity index (χ2v) is 7.28. The number of hydrogen-bond acceptors (Lipinski definition) is 5. The highest BCUT2D eigenvalue weighted by molar-refractivity contribution is 5.95. The first-order valence-electron chi connectivity index (χ1n) is 9.68.